The number of rotatable bonds is 5. The topological polar surface area (TPSA) is 65.6 Å². The molecule has 1 fully saturated rings. The highest BCUT2D eigenvalue weighted by molar-refractivity contribution is 5.84. The van der Waals surface area contributed by atoms with E-state index >= 15 is 0 Å². The Kier molecular flexibility index (Phi) is 3.84. The van der Waals surface area contributed by atoms with Crippen LogP contribution in [0.5, 0.6) is 0 Å². The number of nitrogens with one attached hydrogen (secondary N) is 1. The number of fused-ring (bicyclic) bond motifs is 1. The van der Waals surface area contributed by atoms with Gasteiger partial charge in [-0.15, -0.1) is 0 Å². The van der Waals surface area contributed by atoms with Crippen molar-refractivity contribution >= 4 is 17.0 Å². The minimum absolute atomic E-state index is 0.106. The predicted octanol–water partition coefficient (Wildman–Crippen LogP) is 2.09. The lowest BCUT2D eigenvalue weighted by Gasteiger charge is -2.16. The number of amides is 1. The second kappa shape index (κ2) is 5.77. The van der Waals surface area contributed by atoms with Crippen LogP contribution in [-0.2, 0) is 17.6 Å². The molecule has 2 heterocycles. The quantitative estimate of drug-likeness (QED) is 0.885. The molecule has 0 saturated carbocycles. The van der Waals surface area contributed by atoms with Crippen LogP contribution in [0.1, 0.15) is 17.5 Å². The molecule has 1 aliphatic heterocycles. The molecule has 0 aliphatic carbocycles. The molecule has 0 unspecified atom stereocenters. The van der Waals surface area contributed by atoms with Crippen LogP contribution in [0.2, 0.25) is 0 Å². The fourth-order valence-electron chi connectivity index (χ4n) is 2.83. The van der Waals surface area contributed by atoms with Crippen LogP contribution >= 0.6 is 0 Å². The van der Waals surface area contributed by atoms with Gasteiger partial charge in [-0.3, -0.25) is 0 Å². The standard InChI is InChI=1S/C16H20N2O3/c1-18-13(10-21-16(18)20)7-11-4-5-15-14(8-11)12(9-17-15)3-2-6-19/h4-5,8-9,13,17,19H,2-3,6-7,10H2,1H3/t13-/m0/s1. The molecule has 0 radical (unpaired) electrons. The van der Waals surface area contributed by atoms with Crippen molar-refractivity contribution in [2.24, 2.45) is 0 Å². The first-order valence-electron chi connectivity index (χ1n) is 7.28. The molecule has 0 spiro atoms. The van der Waals surface area contributed by atoms with Gasteiger partial charge < -0.3 is 19.7 Å². The molecule has 5 nitrogen and oxygen atoms in total. The number of hydrogen-bond acceptors (Lipinski definition) is 3. The molecule has 3 rings (SSSR count). The molecule has 1 aliphatic rings. The van der Waals surface area contributed by atoms with Gasteiger partial charge in [-0.25, -0.2) is 4.79 Å². The van der Waals surface area contributed by atoms with Crippen molar-refractivity contribution < 1.29 is 14.6 Å². The second-order valence-electron chi connectivity index (χ2n) is 5.57. The van der Waals surface area contributed by atoms with Crippen LogP contribution < -0.4 is 0 Å². The Morgan fingerprint density at radius 3 is 3.05 bits per heavy atom. The zero-order chi connectivity index (χ0) is 14.8. The summed E-state index contributed by atoms with van der Waals surface area (Å²) < 4.78 is 5.05. The number of carbonyl (C=O) groups is 1. The molecule has 1 saturated heterocycles. The van der Waals surface area contributed by atoms with Gasteiger partial charge in [0.1, 0.15) is 6.61 Å². The van der Waals surface area contributed by atoms with Gasteiger partial charge in [0.25, 0.3) is 0 Å². The highest BCUT2D eigenvalue weighted by Crippen LogP contribution is 2.23. The van der Waals surface area contributed by atoms with Crippen LogP contribution in [0.25, 0.3) is 10.9 Å². The Labute approximate surface area is 123 Å². The third kappa shape index (κ3) is 2.74. The summed E-state index contributed by atoms with van der Waals surface area (Å²) in [5.41, 5.74) is 3.54. The maximum absolute atomic E-state index is 11.4. The van der Waals surface area contributed by atoms with Crippen LogP contribution in [0.15, 0.2) is 24.4 Å². The normalized spacial score (nSPS) is 18.5. The summed E-state index contributed by atoms with van der Waals surface area (Å²) in [4.78, 5) is 16.3. The molecule has 1 atom stereocenters. The van der Waals surface area contributed by atoms with Crippen LogP contribution in [0.4, 0.5) is 4.79 Å². The van der Waals surface area contributed by atoms with Crippen molar-refractivity contribution in [3.8, 4) is 0 Å². The Morgan fingerprint density at radius 1 is 1.48 bits per heavy atom. The van der Waals surface area contributed by atoms with Gasteiger partial charge in [-0.2, -0.15) is 0 Å². The zero-order valence-electron chi connectivity index (χ0n) is 12.1. The lowest BCUT2D eigenvalue weighted by atomic mass is 10.0. The van der Waals surface area contributed by atoms with Gasteiger partial charge in [-0.1, -0.05) is 6.07 Å². The first kappa shape index (κ1) is 13.9. The average molecular weight is 288 g/mol. The molecular formula is C16H20N2O3. The minimum atomic E-state index is -0.244. The largest absolute Gasteiger partial charge is 0.447 e. The van der Waals surface area contributed by atoms with Crippen molar-refractivity contribution in [1.29, 1.82) is 0 Å². The number of cyclic esters (lactones) is 1. The van der Waals surface area contributed by atoms with E-state index in [0.717, 1.165) is 24.8 Å². The molecule has 21 heavy (non-hydrogen) atoms. The third-order valence-corrected chi connectivity index (χ3v) is 4.14. The zero-order valence-corrected chi connectivity index (χ0v) is 12.1. The van der Waals surface area contributed by atoms with Crippen molar-refractivity contribution in [2.45, 2.75) is 25.3 Å². The van der Waals surface area contributed by atoms with Gasteiger partial charge >= 0.3 is 6.09 Å². The van der Waals surface area contributed by atoms with Gasteiger partial charge in [-0.05, 0) is 42.5 Å². The van der Waals surface area contributed by atoms with Gasteiger partial charge in [0, 0.05) is 30.8 Å². The Hall–Kier alpha value is -2.01. The highest BCUT2D eigenvalue weighted by Gasteiger charge is 2.29. The molecule has 2 N–H and O–H groups in total. The number of aromatic nitrogens is 1. The Bertz CT molecular complexity index is 650. The van der Waals surface area contributed by atoms with E-state index in [1.807, 2.05) is 6.20 Å². The van der Waals surface area contributed by atoms with Crippen molar-refractivity contribution in [3.05, 3.63) is 35.5 Å². The average Bonchev–Trinajstić information content (AvgIpc) is 3.03. The van der Waals surface area contributed by atoms with Crippen molar-refractivity contribution in [1.82, 2.24) is 9.88 Å². The van der Waals surface area contributed by atoms with E-state index in [1.54, 1.807) is 11.9 Å². The van der Waals surface area contributed by atoms with E-state index in [-0.39, 0.29) is 18.7 Å². The number of aryl methyl sites for hydroxylation is 1. The maximum Gasteiger partial charge on any atom is 0.409 e. The van der Waals surface area contributed by atoms with Crippen LogP contribution in [0.3, 0.4) is 0 Å². The van der Waals surface area contributed by atoms with Crippen molar-refractivity contribution in [3.63, 3.8) is 0 Å². The van der Waals surface area contributed by atoms with E-state index < -0.39 is 0 Å². The molecule has 0 bridgehead atoms. The molecule has 2 aromatic rings. The number of likely N-dealkylation sites (N-methyl/N-ethyl adjacent to an activating group) is 1. The molecule has 1 amide bonds. The summed E-state index contributed by atoms with van der Waals surface area (Å²) in [7, 11) is 1.78. The summed E-state index contributed by atoms with van der Waals surface area (Å²) in [6, 6.07) is 6.44. The Balaban J connectivity index is 1.81. The summed E-state index contributed by atoms with van der Waals surface area (Å²) in [6.45, 7) is 0.663. The maximum atomic E-state index is 11.4. The monoisotopic (exact) mass is 288 g/mol. The van der Waals surface area contributed by atoms with E-state index in [2.05, 4.69) is 23.2 Å². The van der Waals surface area contributed by atoms with Gasteiger partial charge in [0.05, 0.1) is 6.04 Å². The summed E-state index contributed by atoms with van der Waals surface area (Å²) in [6.07, 6.45) is 4.20. The van der Waals surface area contributed by atoms with E-state index in [0.29, 0.717) is 6.61 Å². The fourth-order valence-corrected chi connectivity index (χ4v) is 2.83. The number of ether oxygens (including phenoxy) is 1. The van der Waals surface area contributed by atoms with Crippen LogP contribution in [0, 0.1) is 0 Å². The van der Waals surface area contributed by atoms with E-state index in [4.69, 9.17) is 9.84 Å². The molecule has 112 valence electrons. The summed E-state index contributed by atoms with van der Waals surface area (Å²) in [5, 5.41) is 10.2. The lowest BCUT2D eigenvalue weighted by molar-refractivity contribution is 0.163. The second-order valence-corrected chi connectivity index (χ2v) is 5.57. The molecule has 1 aromatic heterocycles. The Morgan fingerprint density at radius 2 is 2.33 bits per heavy atom. The lowest BCUT2D eigenvalue weighted by Crippen LogP contribution is -2.31. The number of benzene rings is 1. The number of nitrogens with zero attached hydrogens (tertiary/aromatic N) is 1. The van der Waals surface area contributed by atoms with Gasteiger partial charge in [0.2, 0.25) is 0 Å². The molecular weight excluding hydrogens is 268 g/mol. The first-order chi connectivity index (χ1) is 10.2. The minimum Gasteiger partial charge on any atom is -0.447 e. The SMILES string of the molecule is CN1C(=O)OC[C@@H]1Cc1ccc2[nH]cc(CCCO)c2c1. The number of H-pyrrole nitrogens is 1. The number of aliphatic hydroxyl groups excluding tert-OH is 1. The predicted molar refractivity (Wildman–Crippen MR) is 80.3 cm³/mol. The van der Waals surface area contributed by atoms with Crippen LogP contribution in [-0.4, -0.2) is 47.4 Å². The molecule has 1 aromatic carbocycles. The number of aromatic amines is 1. The van der Waals surface area contributed by atoms with E-state index in [1.165, 1.54) is 16.5 Å². The fraction of sp³-hybridized carbons (Fsp3) is 0.438. The number of carbonyl (C=O) groups excluding carboxylic acids is 1. The number of hydrogen-bond donors (Lipinski definition) is 2. The smallest absolute Gasteiger partial charge is 0.409 e. The summed E-state index contributed by atoms with van der Waals surface area (Å²) >= 11 is 0. The molecule has 5 heteroatoms. The first-order valence-corrected chi connectivity index (χ1v) is 7.28. The highest BCUT2D eigenvalue weighted by atomic mass is 16.6. The summed E-state index contributed by atoms with van der Waals surface area (Å²) in [5.74, 6) is 0. The van der Waals surface area contributed by atoms with Crippen molar-refractivity contribution in [2.75, 3.05) is 20.3 Å². The van der Waals surface area contributed by atoms with E-state index in [9.17, 15) is 4.79 Å². The third-order valence-electron chi connectivity index (χ3n) is 4.14. The number of aliphatic hydroxyl groups is 1. The van der Waals surface area contributed by atoms with Gasteiger partial charge in [0.15, 0.2) is 0 Å².